The van der Waals surface area contributed by atoms with Crippen molar-refractivity contribution >= 4 is 17.0 Å². The van der Waals surface area contributed by atoms with Gasteiger partial charge in [-0.05, 0) is 25.5 Å². The number of ether oxygens (including phenoxy) is 2. The van der Waals surface area contributed by atoms with Gasteiger partial charge in [0.05, 0.1) is 13.7 Å². The monoisotopic (exact) mass is 330 g/mol. The molecule has 1 unspecified atom stereocenters. The third kappa shape index (κ3) is 3.06. The molecule has 3 aromatic heterocycles. The van der Waals surface area contributed by atoms with Crippen LogP contribution in [0.1, 0.15) is 18.2 Å². The Morgan fingerprint density at radius 3 is 2.71 bits per heavy atom. The number of rotatable bonds is 5. The first-order valence-corrected chi connectivity index (χ1v) is 7.32. The lowest BCUT2D eigenvalue weighted by Crippen LogP contribution is -2.13. The van der Waals surface area contributed by atoms with Crippen LogP contribution < -0.4 is 15.2 Å². The fraction of sp³-hybridized carbons (Fsp3) is 0.333. The Kier molecular flexibility index (Phi) is 4.17. The molecule has 0 fully saturated rings. The van der Waals surface area contributed by atoms with E-state index in [1.807, 2.05) is 19.1 Å². The highest BCUT2D eigenvalue weighted by Gasteiger charge is 2.18. The highest BCUT2D eigenvalue weighted by Crippen LogP contribution is 2.26. The zero-order valence-electron chi connectivity index (χ0n) is 13.6. The average Bonchev–Trinajstić information content (AvgIpc) is 2.87. The van der Waals surface area contributed by atoms with Gasteiger partial charge in [-0.3, -0.25) is 9.55 Å². The second kappa shape index (κ2) is 6.28. The summed E-state index contributed by atoms with van der Waals surface area (Å²) in [6.45, 7) is 3.82. The smallest absolute Gasteiger partial charge is 0.322 e. The number of hydrogen-bond acceptors (Lipinski definition) is 8. The fourth-order valence-electron chi connectivity index (χ4n) is 2.26. The van der Waals surface area contributed by atoms with Crippen LogP contribution in [0.4, 0.5) is 5.82 Å². The molecule has 3 heterocycles. The van der Waals surface area contributed by atoms with Crippen molar-refractivity contribution in [3.8, 4) is 12.0 Å². The summed E-state index contributed by atoms with van der Waals surface area (Å²) >= 11 is 0. The number of methoxy groups -OCH3 is 1. The summed E-state index contributed by atoms with van der Waals surface area (Å²) in [5.74, 6) is 0.148. The normalized spacial score (nSPS) is 12.3. The van der Waals surface area contributed by atoms with Gasteiger partial charge in [-0.25, -0.2) is 0 Å². The molecule has 0 aliphatic rings. The summed E-state index contributed by atoms with van der Waals surface area (Å²) in [7, 11) is 1.52. The van der Waals surface area contributed by atoms with E-state index in [0.29, 0.717) is 23.7 Å². The maximum absolute atomic E-state index is 9.35. The highest BCUT2D eigenvalue weighted by atomic mass is 16.6. The van der Waals surface area contributed by atoms with Gasteiger partial charge in [0, 0.05) is 11.9 Å². The third-order valence-corrected chi connectivity index (χ3v) is 3.34. The van der Waals surface area contributed by atoms with Crippen molar-refractivity contribution in [3.63, 3.8) is 0 Å². The van der Waals surface area contributed by atoms with E-state index < -0.39 is 6.29 Å². The van der Waals surface area contributed by atoms with Crippen LogP contribution in [-0.4, -0.2) is 43.0 Å². The van der Waals surface area contributed by atoms with E-state index in [0.717, 1.165) is 11.3 Å². The molecule has 9 heteroatoms. The molecular weight excluding hydrogens is 312 g/mol. The first kappa shape index (κ1) is 15.9. The molecule has 0 bridgehead atoms. The van der Waals surface area contributed by atoms with Crippen LogP contribution in [-0.2, 0) is 6.54 Å². The first-order valence-electron chi connectivity index (χ1n) is 7.32. The van der Waals surface area contributed by atoms with Gasteiger partial charge in [0.15, 0.2) is 23.3 Å². The van der Waals surface area contributed by atoms with Gasteiger partial charge < -0.3 is 20.3 Å². The predicted molar refractivity (Wildman–Crippen MR) is 86.7 cm³/mol. The molecule has 0 aliphatic carbocycles. The molecule has 1 atom stereocenters. The van der Waals surface area contributed by atoms with Crippen LogP contribution in [0.2, 0.25) is 0 Å². The lowest BCUT2D eigenvalue weighted by atomic mass is 10.2. The Balaban J connectivity index is 2.09. The fourth-order valence-corrected chi connectivity index (χ4v) is 2.26. The van der Waals surface area contributed by atoms with Gasteiger partial charge in [0.1, 0.15) is 0 Å². The number of aromatic nitrogens is 5. The number of aliphatic hydroxyl groups is 1. The Morgan fingerprint density at radius 1 is 1.29 bits per heavy atom. The van der Waals surface area contributed by atoms with Gasteiger partial charge in [-0.2, -0.15) is 15.0 Å². The van der Waals surface area contributed by atoms with Crippen LogP contribution in [0.3, 0.4) is 0 Å². The maximum atomic E-state index is 9.35. The Morgan fingerprint density at radius 2 is 2.08 bits per heavy atom. The van der Waals surface area contributed by atoms with Crippen molar-refractivity contribution in [2.45, 2.75) is 26.7 Å². The highest BCUT2D eigenvalue weighted by molar-refractivity contribution is 5.83. The van der Waals surface area contributed by atoms with Crippen molar-refractivity contribution in [1.29, 1.82) is 0 Å². The topological polar surface area (TPSA) is 121 Å². The number of anilines is 1. The van der Waals surface area contributed by atoms with Crippen molar-refractivity contribution in [3.05, 3.63) is 29.6 Å². The number of nitrogens with two attached hydrogens (primary N) is 1. The molecule has 0 spiro atoms. The minimum Gasteiger partial charge on any atom is -0.468 e. The number of fused-ring (bicyclic) bond motifs is 1. The van der Waals surface area contributed by atoms with Crippen LogP contribution in [0, 0.1) is 6.92 Å². The number of imidazole rings is 1. The standard InChI is InChI=1S/C15H18N6O3/c1-8-4-5-10(6-17-8)7-21-13-11(18-15(21)23-3)12(16)19-14(20-13)24-9(2)22/h4-6,9,22H,7H2,1-3H3,(H2,16,19,20). The molecule has 3 N–H and O–H groups in total. The first-order chi connectivity index (χ1) is 11.5. The number of aryl methyl sites for hydroxylation is 1. The Hall–Kier alpha value is -2.94. The molecule has 3 aromatic rings. The molecule has 9 nitrogen and oxygen atoms in total. The molecule has 0 aromatic carbocycles. The lowest BCUT2D eigenvalue weighted by molar-refractivity contribution is -0.00698. The molecule has 0 aliphatic heterocycles. The van der Waals surface area contributed by atoms with E-state index in [9.17, 15) is 5.11 Å². The Bertz CT molecular complexity index is 860. The average molecular weight is 330 g/mol. The quantitative estimate of drug-likeness (QED) is 0.661. The van der Waals surface area contributed by atoms with Crippen LogP contribution in [0.5, 0.6) is 12.0 Å². The molecular formula is C15H18N6O3. The van der Waals surface area contributed by atoms with Crippen LogP contribution >= 0.6 is 0 Å². The summed E-state index contributed by atoms with van der Waals surface area (Å²) in [6.07, 6.45) is 0.722. The van der Waals surface area contributed by atoms with E-state index >= 15 is 0 Å². The predicted octanol–water partition coefficient (Wildman–Crippen LogP) is 0.886. The summed E-state index contributed by atoms with van der Waals surface area (Å²) in [6, 6.07) is 4.21. The van der Waals surface area contributed by atoms with Crippen LogP contribution in [0.25, 0.3) is 11.2 Å². The van der Waals surface area contributed by atoms with Gasteiger partial charge >= 0.3 is 6.01 Å². The van der Waals surface area contributed by atoms with Crippen molar-refractivity contribution in [2.24, 2.45) is 0 Å². The number of nitrogen functional groups attached to an aromatic ring is 1. The molecule has 3 rings (SSSR count). The number of hydrogen-bond donors (Lipinski definition) is 2. The molecule has 126 valence electrons. The van der Waals surface area contributed by atoms with Crippen molar-refractivity contribution < 1.29 is 14.6 Å². The van der Waals surface area contributed by atoms with Crippen molar-refractivity contribution in [1.82, 2.24) is 24.5 Å². The van der Waals surface area contributed by atoms with E-state index in [2.05, 4.69) is 19.9 Å². The Labute approximate surface area is 138 Å². The summed E-state index contributed by atoms with van der Waals surface area (Å²) in [5.41, 5.74) is 8.67. The zero-order valence-corrected chi connectivity index (χ0v) is 13.6. The molecule has 0 saturated carbocycles. The summed E-state index contributed by atoms with van der Waals surface area (Å²) < 4.78 is 12.2. The van der Waals surface area contributed by atoms with E-state index in [-0.39, 0.29) is 11.8 Å². The van der Waals surface area contributed by atoms with E-state index in [1.165, 1.54) is 14.0 Å². The number of pyridine rings is 1. The molecule has 0 saturated heterocycles. The summed E-state index contributed by atoms with van der Waals surface area (Å²) in [5, 5.41) is 9.35. The minimum atomic E-state index is -1.05. The largest absolute Gasteiger partial charge is 0.468 e. The molecule has 0 radical (unpaired) electrons. The third-order valence-electron chi connectivity index (χ3n) is 3.34. The number of aliphatic hydroxyl groups excluding tert-OH is 1. The maximum Gasteiger partial charge on any atom is 0.322 e. The number of nitrogens with zero attached hydrogens (tertiary/aromatic N) is 5. The second-order valence-corrected chi connectivity index (χ2v) is 5.27. The van der Waals surface area contributed by atoms with Crippen LogP contribution in [0.15, 0.2) is 18.3 Å². The van der Waals surface area contributed by atoms with E-state index in [4.69, 9.17) is 15.2 Å². The zero-order chi connectivity index (χ0) is 17.3. The van der Waals surface area contributed by atoms with Gasteiger partial charge in [0.2, 0.25) is 0 Å². The van der Waals surface area contributed by atoms with Gasteiger partial charge in [0.25, 0.3) is 6.01 Å². The van der Waals surface area contributed by atoms with Gasteiger partial charge in [-0.1, -0.05) is 6.07 Å². The lowest BCUT2D eigenvalue weighted by Gasteiger charge is -2.09. The molecule has 24 heavy (non-hydrogen) atoms. The minimum absolute atomic E-state index is 0.0270. The van der Waals surface area contributed by atoms with Crippen molar-refractivity contribution in [2.75, 3.05) is 12.8 Å². The van der Waals surface area contributed by atoms with Gasteiger partial charge in [-0.15, -0.1) is 0 Å². The van der Waals surface area contributed by atoms with E-state index in [1.54, 1.807) is 10.8 Å². The molecule has 0 amide bonds. The SMILES string of the molecule is COc1nc2c(N)nc(OC(C)O)nc2n1Cc1ccc(C)nc1. The second-order valence-electron chi connectivity index (χ2n) is 5.27. The summed E-state index contributed by atoms with van der Waals surface area (Å²) in [4.78, 5) is 16.9.